The average Bonchev–Trinajstić information content (AvgIpc) is 3.32. The first-order valence-corrected chi connectivity index (χ1v) is 13.1. The summed E-state index contributed by atoms with van der Waals surface area (Å²) in [5.41, 5.74) is 14.1. The van der Waals surface area contributed by atoms with E-state index in [1.807, 2.05) is 24.3 Å². The third-order valence-electron chi connectivity index (χ3n) is 7.42. The first-order valence-electron chi connectivity index (χ1n) is 13.1. The number of ether oxygens (including phenoxy) is 1. The van der Waals surface area contributed by atoms with Gasteiger partial charge in [0.1, 0.15) is 35.2 Å². The van der Waals surface area contributed by atoms with Crippen LogP contribution >= 0.6 is 0 Å². The molecule has 2 aromatic carbocycles. The SMILES string of the molecule is N#CC(=CC1(N)CC1)CN1CCCC1Cn1nc(-c2ccc(Oc3ccccc3)cc2F)c2c(N)ncnc21. The van der Waals surface area contributed by atoms with Crippen molar-refractivity contribution in [2.24, 2.45) is 5.73 Å². The fourth-order valence-electron chi connectivity index (χ4n) is 5.20. The van der Waals surface area contributed by atoms with Crippen molar-refractivity contribution in [3.05, 3.63) is 72.3 Å². The predicted octanol–water partition coefficient (Wildman–Crippen LogP) is 4.41. The number of nitrogens with zero attached hydrogens (tertiary/aromatic N) is 6. The molecule has 6 rings (SSSR count). The maximum Gasteiger partial charge on any atom is 0.164 e. The van der Waals surface area contributed by atoms with Crippen molar-refractivity contribution in [2.45, 2.75) is 43.8 Å². The molecule has 9 nitrogen and oxygen atoms in total. The zero-order valence-corrected chi connectivity index (χ0v) is 21.4. The number of aromatic nitrogens is 4. The second-order valence-electron chi connectivity index (χ2n) is 10.3. The van der Waals surface area contributed by atoms with E-state index in [1.165, 1.54) is 12.4 Å². The van der Waals surface area contributed by atoms with Gasteiger partial charge in [0.2, 0.25) is 0 Å². The molecule has 39 heavy (non-hydrogen) atoms. The molecule has 0 spiro atoms. The van der Waals surface area contributed by atoms with E-state index in [4.69, 9.17) is 21.3 Å². The highest BCUT2D eigenvalue weighted by atomic mass is 19.1. The largest absolute Gasteiger partial charge is 0.457 e. The lowest BCUT2D eigenvalue weighted by molar-refractivity contribution is 0.248. The van der Waals surface area contributed by atoms with Crippen LogP contribution in [-0.2, 0) is 6.54 Å². The van der Waals surface area contributed by atoms with Gasteiger partial charge in [0.15, 0.2) is 5.65 Å². The normalized spacial score (nSPS) is 18.8. The predicted molar refractivity (Wildman–Crippen MR) is 146 cm³/mol. The Bertz CT molecular complexity index is 1590. The molecular weight excluding hydrogens is 495 g/mol. The lowest BCUT2D eigenvalue weighted by atomic mass is 10.1. The van der Waals surface area contributed by atoms with Gasteiger partial charge in [0.05, 0.1) is 18.0 Å². The van der Waals surface area contributed by atoms with Crippen LogP contribution in [0.5, 0.6) is 11.5 Å². The smallest absolute Gasteiger partial charge is 0.164 e. The Labute approximate surface area is 225 Å². The minimum atomic E-state index is -0.486. The summed E-state index contributed by atoms with van der Waals surface area (Å²) in [6.07, 6.45) is 7.11. The van der Waals surface area contributed by atoms with Crippen molar-refractivity contribution in [3.63, 3.8) is 0 Å². The van der Waals surface area contributed by atoms with Crippen molar-refractivity contribution < 1.29 is 9.13 Å². The summed E-state index contributed by atoms with van der Waals surface area (Å²) in [6.45, 7) is 1.94. The molecule has 2 aliphatic rings. The minimum absolute atomic E-state index is 0.133. The summed E-state index contributed by atoms with van der Waals surface area (Å²) >= 11 is 0. The van der Waals surface area contributed by atoms with Gasteiger partial charge in [0.25, 0.3) is 0 Å². The Morgan fingerprint density at radius 2 is 2.00 bits per heavy atom. The molecule has 1 aliphatic carbocycles. The summed E-state index contributed by atoms with van der Waals surface area (Å²) in [6, 6.07) is 16.3. The number of nitriles is 1. The lowest BCUT2D eigenvalue weighted by Gasteiger charge is -2.24. The van der Waals surface area contributed by atoms with Gasteiger partial charge in [-0.1, -0.05) is 18.2 Å². The number of halogens is 1. The van der Waals surface area contributed by atoms with Crippen LogP contribution in [0.3, 0.4) is 0 Å². The van der Waals surface area contributed by atoms with Crippen molar-refractivity contribution in [2.75, 3.05) is 18.8 Å². The van der Waals surface area contributed by atoms with E-state index in [-0.39, 0.29) is 23.0 Å². The number of fused-ring (bicyclic) bond motifs is 1. The molecular formula is C29H29FN8O. The maximum absolute atomic E-state index is 15.4. The number of anilines is 1. The van der Waals surface area contributed by atoms with E-state index < -0.39 is 5.82 Å². The number of nitrogen functional groups attached to an aromatic ring is 1. The average molecular weight is 525 g/mol. The number of hydrogen-bond donors (Lipinski definition) is 2. The van der Waals surface area contributed by atoms with Crippen LogP contribution < -0.4 is 16.2 Å². The molecule has 1 saturated carbocycles. The molecule has 4 N–H and O–H groups in total. The monoisotopic (exact) mass is 524 g/mol. The molecule has 1 unspecified atom stereocenters. The number of para-hydroxylation sites is 1. The fourth-order valence-corrected chi connectivity index (χ4v) is 5.20. The first kappa shape index (κ1) is 25.0. The van der Waals surface area contributed by atoms with Gasteiger partial charge >= 0.3 is 0 Å². The van der Waals surface area contributed by atoms with Crippen LogP contribution in [0.25, 0.3) is 22.3 Å². The summed E-state index contributed by atoms with van der Waals surface area (Å²) in [7, 11) is 0. The summed E-state index contributed by atoms with van der Waals surface area (Å²) < 4.78 is 23.0. The van der Waals surface area contributed by atoms with Crippen molar-refractivity contribution in [3.8, 4) is 28.8 Å². The second kappa shape index (κ2) is 10.1. The van der Waals surface area contributed by atoms with Gasteiger partial charge in [0, 0.05) is 35.3 Å². The first-order chi connectivity index (χ1) is 18.9. The lowest BCUT2D eigenvalue weighted by Crippen LogP contribution is -2.35. The molecule has 1 atom stereocenters. The molecule has 1 aliphatic heterocycles. The molecule has 3 heterocycles. The quantitative estimate of drug-likeness (QED) is 0.324. The van der Waals surface area contributed by atoms with Gasteiger partial charge in [-0.25, -0.2) is 19.0 Å². The van der Waals surface area contributed by atoms with Crippen LogP contribution in [0, 0.1) is 17.1 Å². The van der Waals surface area contributed by atoms with Gasteiger partial charge < -0.3 is 16.2 Å². The van der Waals surface area contributed by atoms with E-state index in [0.29, 0.717) is 46.9 Å². The maximum atomic E-state index is 15.4. The van der Waals surface area contributed by atoms with Gasteiger partial charge in [-0.15, -0.1) is 0 Å². The number of likely N-dealkylation sites (tertiary alicyclic amines) is 1. The number of rotatable bonds is 8. The van der Waals surface area contributed by atoms with Crippen LogP contribution in [0.15, 0.2) is 66.5 Å². The molecule has 4 aromatic rings. The fraction of sp³-hybridized carbons (Fsp3) is 0.310. The molecule has 10 heteroatoms. The Morgan fingerprint density at radius 1 is 1.18 bits per heavy atom. The van der Waals surface area contributed by atoms with Gasteiger partial charge in [-0.2, -0.15) is 10.4 Å². The van der Waals surface area contributed by atoms with Crippen LogP contribution in [-0.4, -0.2) is 49.3 Å². The highest BCUT2D eigenvalue weighted by Crippen LogP contribution is 2.36. The topological polar surface area (TPSA) is 132 Å². The summed E-state index contributed by atoms with van der Waals surface area (Å²) in [5.74, 6) is 0.747. The molecule has 2 aromatic heterocycles. The second-order valence-corrected chi connectivity index (χ2v) is 10.3. The van der Waals surface area contributed by atoms with E-state index in [2.05, 4.69) is 20.9 Å². The molecule has 0 amide bonds. The Hall–Kier alpha value is -4.33. The van der Waals surface area contributed by atoms with Crippen molar-refractivity contribution in [1.29, 1.82) is 5.26 Å². The molecule has 0 radical (unpaired) electrons. The van der Waals surface area contributed by atoms with Gasteiger partial charge in [-0.3, -0.25) is 4.90 Å². The number of nitrogens with two attached hydrogens (primary N) is 2. The Kier molecular flexibility index (Phi) is 6.46. The minimum Gasteiger partial charge on any atom is -0.457 e. The van der Waals surface area contributed by atoms with Gasteiger partial charge in [-0.05, 0) is 62.6 Å². The van der Waals surface area contributed by atoms with E-state index >= 15 is 4.39 Å². The summed E-state index contributed by atoms with van der Waals surface area (Å²) in [4.78, 5) is 10.9. The Balaban J connectivity index is 1.29. The van der Waals surface area contributed by atoms with Crippen LogP contribution in [0.2, 0.25) is 0 Å². The zero-order chi connectivity index (χ0) is 27.0. The van der Waals surface area contributed by atoms with E-state index in [0.717, 1.165) is 32.2 Å². The number of benzene rings is 2. The van der Waals surface area contributed by atoms with Crippen LogP contribution in [0.4, 0.5) is 10.2 Å². The van der Waals surface area contributed by atoms with Crippen LogP contribution in [0.1, 0.15) is 25.7 Å². The van der Waals surface area contributed by atoms with Crippen molar-refractivity contribution >= 4 is 16.9 Å². The number of hydrogen-bond acceptors (Lipinski definition) is 8. The molecule has 2 fully saturated rings. The highest BCUT2D eigenvalue weighted by molar-refractivity contribution is 5.98. The zero-order valence-electron chi connectivity index (χ0n) is 21.4. The summed E-state index contributed by atoms with van der Waals surface area (Å²) in [5, 5.41) is 15.0. The highest BCUT2D eigenvalue weighted by Gasteiger charge is 2.37. The molecule has 198 valence electrons. The molecule has 0 bridgehead atoms. The van der Waals surface area contributed by atoms with E-state index in [9.17, 15) is 5.26 Å². The van der Waals surface area contributed by atoms with E-state index in [1.54, 1.807) is 28.9 Å². The van der Waals surface area contributed by atoms with Crippen molar-refractivity contribution in [1.82, 2.24) is 24.6 Å². The third-order valence-corrected chi connectivity index (χ3v) is 7.42. The Morgan fingerprint density at radius 3 is 2.74 bits per heavy atom. The standard InChI is InChI=1S/C29H29FN8O/c30-24-13-22(39-21-6-2-1-3-7-21)8-9-23(24)26-25-27(32)34-18-35-28(25)38(36-26)17-20-5-4-12-37(20)16-19(15-31)14-29(33)10-11-29/h1-3,6-9,13-14,18,20H,4-5,10-12,16-17,33H2,(H2,32,34,35). The third kappa shape index (κ3) is 5.19. The molecule has 1 saturated heterocycles.